The molecular weight excluding hydrogens is 373 g/mol. The maximum atomic E-state index is 13.4. The zero-order chi connectivity index (χ0) is 21.1. The first-order valence-electron chi connectivity index (χ1n) is 8.70. The molecule has 1 aliphatic carbocycles. The van der Waals surface area contributed by atoms with Crippen molar-refractivity contribution in [3.05, 3.63) is 75.6 Å². The lowest BCUT2D eigenvalue weighted by Gasteiger charge is -2.18. The molecule has 2 N–H and O–H groups in total. The molecule has 150 valence electrons. The summed E-state index contributed by atoms with van der Waals surface area (Å²) >= 11 is 0. The Morgan fingerprint density at radius 2 is 1.82 bits per heavy atom. The Morgan fingerprint density at radius 3 is 2.32 bits per heavy atom. The van der Waals surface area contributed by atoms with Crippen LogP contribution in [0.2, 0.25) is 0 Å². The van der Waals surface area contributed by atoms with Crippen molar-refractivity contribution < 1.29 is 13.2 Å². The molecule has 0 bridgehead atoms. The average molecular weight is 394 g/mol. The molecule has 2 aromatic rings. The Balaban J connectivity index is 0.00000136. The minimum absolute atomic E-state index is 0.259. The number of fused-ring (bicyclic) bond motifs is 1. The van der Waals surface area contributed by atoms with Gasteiger partial charge in [-0.3, -0.25) is 14.8 Å². The van der Waals surface area contributed by atoms with Gasteiger partial charge < -0.3 is 0 Å². The molecule has 0 aromatic carbocycles. The Kier molecular flexibility index (Phi) is 5.96. The Morgan fingerprint density at radius 1 is 1.18 bits per heavy atom. The first-order chi connectivity index (χ1) is 13.2. The fraction of sp³-hybridized carbons (Fsp3) is 0.316. The zero-order valence-corrected chi connectivity index (χ0v) is 15.6. The van der Waals surface area contributed by atoms with Crippen LogP contribution in [0.4, 0.5) is 13.2 Å². The molecule has 1 fully saturated rings. The van der Waals surface area contributed by atoms with Crippen LogP contribution in [-0.4, -0.2) is 19.7 Å². The number of alkyl halides is 3. The molecule has 1 aliphatic rings. The van der Waals surface area contributed by atoms with Crippen LogP contribution in [0, 0.1) is 0 Å². The van der Waals surface area contributed by atoms with E-state index < -0.39 is 34.0 Å². The topological polar surface area (TPSA) is 83.5 Å². The van der Waals surface area contributed by atoms with Crippen LogP contribution in [-0.2, 0) is 11.7 Å². The third-order valence-corrected chi connectivity index (χ3v) is 4.22. The number of rotatable bonds is 5. The van der Waals surface area contributed by atoms with E-state index in [1.54, 1.807) is 18.2 Å². The van der Waals surface area contributed by atoms with Gasteiger partial charge in [0.2, 0.25) is 0 Å². The second kappa shape index (κ2) is 7.87. The third-order valence-electron chi connectivity index (χ3n) is 4.22. The van der Waals surface area contributed by atoms with Crippen molar-refractivity contribution in [3.63, 3.8) is 0 Å². The summed E-state index contributed by atoms with van der Waals surface area (Å²) in [6.45, 7) is 11.2. The number of allylic oxidation sites excluding steroid dienone is 6. The summed E-state index contributed by atoms with van der Waals surface area (Å²) in [5.41, 5.74) is -3.87. The van der Waals surface area contributed by atoms with Gasteiger partial charge in [0.25, 0.3) is 5.56 Å². The Bertz CT molecular complexity index is 1060. The lowest BCUT2D eigenvalue weighted by Crippen LogP contribution is -2.26. The van der Waals surface area contributed by atoms with Crippen LogP contribution in [0.15, 0.2) is 58.7 Å². The molecule has 9 heteroatoms. The normalized spacial score (nSPS) is 16.0. The summed E-state index contributed by atoms with van der Waals surface area (Å²) in [6.07, 6.45) is 4.17. The van der Waals surface area contributed by atoms with Crippen molar-refractivity contribution in [3.8, 4) is 0 Å². The quantitative estimate of drug-likeness (QED) is 0.757. The Hall–Kier alpha value is -3.10. The van der Waals surface area contributed by atoms with Gasteiger partial charge in [-0.1, -0.05) is 57.4 Å². The molecular formula is C19H21F3N4O2. The van der Waals surface area contributed by atoms with E-state index in [-0.39, 0.29) is 5.65 Å². The van der Waals surface area contributed by atoms with Gasteiger partial charge in [0, 0.05) is 0 Å². The molecule has 6 nitrogen and oxygen atoms in total. The van der Waals surface area contributed by atoms with Gasteiger partial charge in [0.1, 0.15) is 11.0 Å². The summed E-state index contributed by atoms with van der Waals surface area (Å²) in [7, 11) is 0. The standard InChI is InChI=1S/C17H15F3N4O2.C2H6/c1-3-5-7-10(6-4-2)16(8-9-16)24-13-11(12(23-24)17(18,19)20)14(25)22-15(26)21-13;1-2/h3-7H,1-2,8-9H2,(H2,21,22,25,26);1-2H3/b7-5-,10-6+;. The van der Waals surface area contributed by atoms with Crippen molar-refractivity contribution in [1.29, 1.82) is 0 Å². The number of aromatic amines is 2. The van der Waals surface area contributed by atoms with Crippen molar-refractivity contribution in [1.82, 2.24) is 19.7 Å². The summed E-state index contributed by atoms with van der Waals surface area (Å²) in [5, 5.41) is 2.99. The van der Waals surface area contributed by atoms with E-state index in [2.05, 4.69) is 23.2 Å². The van der Waals surface area contributed by atoms with Gasteiger partial charge in [0.15, 0.2) is 5.69 Å². The van der Waals surface area contributed by atoms with Gasteiger partial charge in [-0.05, 0) is 18.4 Å². The fourth-order valence-electron chi connectivity index (χ4n) is 2.97. The number of hydrogen-bond acceptors (Lipinski definition) is 3. The zero-order valence-electron chi connectivity index (χ0n) is 15.6. The van der Waals surface area contributed by atoms with E-state index in [0.717, 1.165) is 4.68 Å². The number of nitrogens with one attached hydrogen (secondary N) is 2. The largest absolute Gasteiger partial charge is 0.436 e. The number of nitrogens with zero attached hydrogens (tertiary/aromatic N) is 2. The lowest BCUT2D eigenvalue weighted by atomic mass is 10.0. The second-order valence-electron chi connectivity index (χ2n) is 5.87. The van der Waals surface area contributed by atoms with E-state index >= 15 is 0 Å². The molecule has 0 radical (unpaired) electrons. The van der Waals surface area contributed by atoms with Crippen LogP contribution in [0.3, 0.4) is 0 Å². The maximum Gasteiger partial charge on any atom is 0.436 e. The summed E-state index contributed by atoms with van der Waals surface area (Å²) < 4.78 is 41.3. The molecule has 0 unspecified atom stereocenters. The summed E-state index contributed by atoms with van der Waals surface area (Å²) in [5.74, 6) is 0. The number of hydrogen-bond donors (Lipinski definition) is 2. The number of H-pyrrole nitrogens is 2. The Labute approximate surface area is 158 Å². The van der Waals surface area contributed by atoms with Crippen LogP contribution in [0.5, 0.6) is 0 Å². The van der Waals surface area contributed by atoms with E-state index in [1.165, 1.54) is 12.2 Å². The highest BCUT2D eigenvalue weighted by atomic mass is 19.4. The second-order valence-corrected chi connectivity index (χ2v) is 5.87. The predicted octanol–water partition coefficient (Wildman–Crippen LogP) is 3.80. The third kappa shape index (κ3) is 3.64. The fourth-order valence-corrected chi connectivity index (χ4v) is 2.97. The maximum absolute atomic E-state index is 13.4. The molecule has 0 spiro atoms. The molecule has 2 aromatic heterocycles. The highest BCUT2D eigenvalue weighted by Gasteiger charge is 2.51. The first kappa shape index (κ1) is 21.2. The predicted molar refractivity (Wildman–Crippen MR) is 102 cm³/mol. The molecule has 0 amide bonds. The van der Waals surface area contributed by atoms with Gasteiger partial charge in [-0.2, -0.15) is 18.3 Å². The molecule has 0 aliphatic heterocycles. The minimum Gasteiger partial charge on any atom is -0.291 e. The SMILES string of the molecule is C=C/C=C\C(=C/C=C)C1(n2nc(C(F)(F)F)c3c(=O)[nH]c(=O)[nH]c32)CC1.CC. The van der Waals surface area contributed by atoms with E-state index in [9.17, 15) is 22.8 Å². The smallest absolute Gasteiger partial charge is 0.291 e. The first-order valence-corrected chi connectivity index (χ1v) is 8.70. The summed E-state index contributed by atoms with van der Waals surface area (Å²) in [6, 6.07) is 0. The van der Waals surface area contributed by atoms with Crippen molar-refractivity contribution >= 4 is 11.0 Å². The monoisotopic (exact) mass is 394 g/mol. The van der Waals surface area contributed by atoms with Crippen LogP contribution >= 0.6 is 0 Å². The number of aromatic nitrogens is 4. The van der Waals surface area contributed by atoms with E-state index in [1.807, 2.05) is 18.8 Å². The minimum atomic E-state index is -4.84. The highest BCUT2D eigenvalue weighted by molar-refractivity contribution is 5.78. The molecule has 28 heavy (non-hydrogen) atoms. The number of halogens is 3. The molecule has 2 heterocycles. The molecule has 0 atom stereocenters. The van der Waals surface area contributed by atoms with Crippen molar-refractivity contribution in [2.75, 3.05) is 0 Å². The van der Waals surface area contributed by atoms with E-state index in [0.29, 0.717) is 18.4 Å². The van der Waals surface area contributed by atoms with Crippen LogP contribution < -0.4 is 11.2 Å². The van der Waals surface area contributed by atoms with Gasteiger partial charge >= 0.3 is 11.9 Å². The van der Waals surface area contributed by atoms with Gasteiger partial charge in [-0.15, -0.1) is 0 Å². The van der Waals surface area contributed by atoms with Crippen molar-refractivity contribution in [2.24, 2.45) is 0 Å². The average Bonchev–Trinajstić information content (AvgIpc) is 3.33. The highest BCUT2D eigenvalue weighted by Crippen LogP contribution is 2.51. The van der Waals surface area contributed by atoms with E-state index in [4.69, 9.17) is 0 Å². The van der Waals surface area contributed by atoms with Crippen LogP contribution in [0.25, 0.3) is 11.0 Å². The van der Waals surface area contributed by atoms with Gasteiger partial charge in [-0.25, -0.2) is 9.48 Å². The van der Waals surface area contributed by atoms with Crippen LogP contribution in [0.1, 0.15) is 32.4 Å². The molecule has 3 rings (SSSR count). The summed E-state index contributed by atoms with van der Waals surface area (Å²) in [4.78, 5) is 27.8. The molecule has 0 saturated heterocycles. The lowest BCUT2D eigenvalue weighted by molar-refractivity contribution is -0.140. The molecule has 1 saturated carbocycles. The van der Waals surface area contributed by atoms with Gasteiger partial charge in [0.05, 0.1) is 5.54 Å². The van der Waals surface area contributed by atoms with Crippen molar-refractivity contribution in [2.45, 2.75) is 38.4 Å².